The van der Waals surface area contributed by atoms with Gasteiger partial charge in [0, 0.05) is 37.8 Å². The Morgan fingerprint density at radius 2 is 0.958 bits per heavy atom. The maximum absolute atomic E-state index is 11.3. The summed E-state index contributed by atoms with van der Waals surface area (Å²) in [7, 11) is 0. The molecule has 6 heteroatoms. The van der Waals surface area contributed by atoms with Crippen molar-refractivity contribution in [3.8, 4) is 17.5 Å². The van der Waals surface area contributed by atoms with E-state index in [1.165, 1.54) is 27.4 Å². The van der Waals surface area contributed by atoms with Crippen LogP contribution >= 0.6 is 0 Å². The van der Waals surface area contributed by atoms with Crippen LogP contribution in [0.15, 0.2) is 78.9 Å². The van der Waals surface area contributed by atoms with Crippen LogP contribution in [0.25, 0.3) is 54.6 Å². The Kier molecular flexibility index (Phi) is 4.83. The molecule has 6 heterocycles. The molecule has 238 valence electrons. The number of imidazole rings is 2. The molecule has 0 amide bonds. The van der Waals surface area contributed by atoms with Gasteiger partial charge in [-0.15, -0.1) is 0 Å². The number of phenols is 1. The Morgan fingerprint density at radius 1 is 0.500 bits per heavy atom. The van der Waals surface area contributed by atoms with Crippen LogP contribution < -0.4 is 4.74 Å². The van der Waals surface area contributed by atoms with E-state index in [0.29, 0.717) is 17.4 Å². The van der Waals surface area contributed by atoms with Gasteiger partial charge in [0.25, 0.3) is 0 Å². The second-order valence-electron chi connectivity index (χ2n) is 16.1. The van der Waals surface area contributed by atoms with E-state index < -0.39 is 5.41 Å². The SMILES string of the molecule is CC1(C)c2cccc3c4ccccc4c4nc(Oc5nc6c7c(O)cccc7c7cccc8c7n6c5C(C)(C)C8(C)C)c(n4c23)C1(C)C. The summed E-state index contributed by atoms with van der Waals surface area (Å²) in [4.78, 5) is 10.7. The van der Waals surface area contributed by atoms with Gasteiger partial charge in [0.2, 0.25) is 11.8 Å². The Balaban J connectivity index is 1.37. The maximum Gasteiger partial charge on any atom is 0.244 e. The van der Waals surface area contributed by atoms with Gasteiger partial charge in [0.1, 0.15) is 11.4 Å². The largest absolute Gasteiger partial charge is 0.507 e. The van der Waals surface area contributed by atoms with Gasteiger partial charge < -0.3 is 9.84 Å². The van der Waals surface area contributed by atoms with Crippen molar-refractivity contribution in [1.29, 1.82) is 0 Å². The molecule has 0 saturated heterocycles. The molecule has 0 fully saturated rings. The lowest BCUT2D eigenvalue weighted by Crippen LogP contribution is -2.44. The molecule has 8 aromatic rings. The highest BCUT2D eigenvalue weighted by atomic mass is 16.5. The monoisotopic (exact) mass is 630 g/mol. The van der Waals surface area contributed by atoms with Gasteiger partial charge in [-0.2, -0.15) is 9.97 Å². The summed E-state index contributed by atoms with van der Waals surface area (Å²) in [5.41, 5.74) is 7.29. The third-order valence-corrected chi connectivity index (χ3v) is 13.1. The lowest BCUT2D eigenvalue weighted by molar-refractivity contribution is 0.267. The summed E-state index contributed by atoms with van der Waals surface area (Å²) in [6.07, 6.45) is 0. The third-order valence-electron chi connectivity index (χ3n) is 13.1. The zero-order valence-electron chi connectivity index (χ0n) is 28.6. The zero-order valence-corrected chi connectivity index (χ0v) is 28.6. The lowest BCUT2D eigenvalue weighted by Gasteiger charge is -2.46. The first-order chi connectivity index (χ1) is 22.8. The summed E-state index contributed by atoms with van der Waals surface area (Å²) in [5.74, 6) is 1.33. The fraction of sp³-hybridized carbons (Fsp3) is 0.286. The van der Waals surface area contributed by atoms with E-state index in [1.54, 1.807) is 6.07 Å². The van der Waals surface area contributed by atoms with Crippen molar-refractivity contribution in [1.82, 2.24) is 18.8 Å². The topological polar surface area (TPSA) is 64.1 Å². The van der Waals surface area contributed by atoms with Gasteiger partial charge in [-0.05, 0) is 28.0 Å². The van der Waals surface area contributed by atoms with E-state index in [1.807, 2.05) is 6.07 Å². The van der Waals surface area contributed by atoms with Crippen molar-refractivity contribution < 1.29 is 9.84 Å². The Hall–Kier alpha value is -5.10. The normalized spacial score (nSPS) is 18.3. The van der Waals surface area contributed by atoms with E-state index >= 15 is 0 Å². The molecular formula is C42H38N4O2. The first-order valence-electron chi connectivity index (χ1n) is 16.9. The predicted molar refractivity (Wildman–Crippen MR) is 194 cm³/mol. The summed E-state index contributed by atoms with van der Waals surface area (Å²) in [5, 5.41) is 17.6. The van der Waals surface area contributed by atoms with E-state index in [2.05, 4.69) is 131 Å². The molecule has 10 rings (SSSR count). The lowest BCUT2D eigenvalue weighted by atomic mass is 9.60. The molecule has 1 N–H and O–H groups in total. The second-order valence-corrected chi connectivity index (χ2v) is 16.1. The first kappa shape index (κ1) is 28.0. The van der Waals surface area contributed by atoms with Crippen LogP contribution in [0.3, 0.4) is 0 Å². The number of fused-ring (bicyclic) bond motifs is 6. The number of hydrogen-bond acceptors (Lipinski definition) is 4. The highest BCUT2D eigenvalue weighted by Crippen LogP contribution is 2.57. The molecule has 6 nitrogen and oxygen atoms in total. The number of pyridine rings is 2. The minimum absolute atomic E-state index is 0.210. The molecule has 4 aromatic carbocycles. The van der Waals surface area contributed by atoms with E-state index in [-0.39, 0.29) is 22.0 Å². The van der Waals surface area contributed by atoms with E-state index in [0.717, 1.165) is 44.1 Å². The standard InChI is InChI=1S/C42H38N4O2/c1-39(2)27-19-11-17-24-22-14-9-10-15-26(22)35-43-37(33(41(39,5)6)45(35)31(24)27)48-38-34-42(7,8)40(3,4)28-20-12-18-25-23-16-13-21-29(47)30(23)36(44-38)46(34)32(25)28/h9-21,47H,1-8H3. The molecule has 0 saturated carbocycles. The van der Waals surface area contributed by atoms with Crippen molar-refractivity contribution >= 4 is 54.6 Å². The molecule has 0 bridgehead atoms. The minimum atomic E-state index is -0.390. The Labute approximate surface area is 278 Å². The summed E-state index contributed by atoms with van der Waals surface area (Å²) in [6.45, 7) is 18.5. The average Bonchev–Trinajstić information content (AvgIpc) is 3.63. The number of aromatic hydroxyl groups is 1. The van der Waals surface area contributed by atoms with Crippen LogP contribution in [0, 0.1) is 0 Å². The number of nitrogens with zero attached hydrogens (tertiary/aromatic N) is 4. The predicted octanol–water partition coefficient (Wildman–Crippen LogP) is 10.2. The molecule has 0 aliphatic carbocycles. The summed E-state index contributed by atoms with van der Waals surface area (Å²) >= 11 is 0. The van der Waals surface area contributed by atoms with E-state index in [4.69, 9.17) is 14.7 Å². The van der Waals surface area contributed by atoms with Crippen molar-refractivity contribution in [3.05, 3.63) is 101 Å². The average molecular weight is 631 g/mol. The molecular weight excluding hydrogens is 592 g/mol. The van der Waals surface area contributed by atoms with E-state index in [9.17, 15) is 5.11 Å². The van der Waals surface area contributed by atoms with Crippen molar-refractivity contribution in [2.24, 2.45) is 0 Å². The van der Waals surface area contributed by atoms with Crippen molar-refractivity contribution in [2.75, 3.05) is 0 Å². The molecule has 0 unspecified atom stereocenters. The molecule has 0 spiro atoms. The molecule has 2 aliphatic heterocycles. The van der Waals surface area contributed by atoms with Gasteiger partial charge in [-0.3, -0.25) is 8.80 Å². The fourth-order valence-corrected chi connectivity index (χ4v) is 9.10. The molecule has 4 aromatic heterocycles. The quantitative estimate of drug-likeness (QED) is 0.193. The number of ether oxygens (including phenoxy) is 1. The maximum atomic E-state index is 11.3. The van der Waals surface area contributed by atoms with Gasteiger partial charge in [0.15, 0.2) is 5.65 Å². The molecule has 48 heavy (non-hydrogen) atoms. The Bertz CT molecular complexity index is 2780. The van der Waals surface area contributed by atoms with Crippen molar-refractivity contribution in [2.45, 2.75) is 77.0 Å². The summed E-state index contributed by atoms with van der Waals surface area (Å²) < 4.78 is 11.8. The van der Waals surface area contributed by atoms with Crippen LogP contribution in [0.1, 0.15) is 77.9 Å². The first-order valence-corrected chi connectivity index (χ1v) is 16.9. The van der Waals surface area contributed by atoms with Crippen molar-refractivity contribution in [3.63, 3.8) is 0 Å². The smallest absolute Gasteiger partial charge is 0.244 e. The van der Waals surface area contributed by atoms with Gasteiger partial charge in [0.05, 0.1) is 27.8 Å². The van der Waals surface area contributed by atoms with Crippen LogP contribution in [0.5, 0.6) is 17.5 Å². The fourth-order valence-electron chi connectivity index (χ4n) is 9.10. The van der Waals surface area contributed by atoms with Gasteiger partial charge >= 0.3 is 0 Å². The van der Waals surface area contributed by atoms with Crippen LogP contribution in [-0.4, -0.2) is 23.9 Å². The third kappa shape index (κ3) is 2.90. The highest BCUT2D eigenvalue weighted by molar-refractivity contribution is 6.16. The molecule has 0 atom stereocenters. The second kappa shape index (κ2) is 8.30. The summed E-state index contributed by atoms with van der Waals surface area (Å²) in [6, 6.07) is 27.5. The zero-order chi connectivity index (χ0) is 33.3. The number of hydrogen-bond donors (Lipinski definition) is 1. The van der Waals surface area contributed by atoms with Crippen LogP contribution in [-0.2, 0) is 21.7 Å². The number of benzene rings is 4. The molecule has 2 aliphatic rings. The van der Waals surface area contributed by atoms with Gasteiger partial charge in [-0.25, -0.2) is 0 Å². The Morgan fingerprint density at radius 3 is 1.56 bits per heavy atom. The minimum Gasteiger partial charge on any atom is -0.507 e. The molecule has 0 radical (unpaired) electrons. The van der Waals surface area contributed by atoms with Crippen LogP contribution in [0.2, 0.25) is 0 Å². The highest BCUT2D eigenvalue weighted by Gasteiger charge is 2.51. The van der Waals surface area contributed by atoms with Gasteiger partial charge in [-0.1, -0.05) is 128 Å². The number of para-hydroxylation sites is 2. The number of rotatable bonds is 2. The number of phenolic OH excluding ortho intramolecular Hbond substituents is 1. The number of aromatic nitrogens is 4. The van der Waals surface area contributed by atoms with Crippen LogP contribution in [0.4, 0.5) is 0 Å².